The van der Waals surface area contributed by atoms with E-state index in [1.165, 1.54) is 18.2 Å². The standard InChI is InChI=1S/C14H11BrF2N2O/c1-7-10(16)3-2-4-13(7)19-14(20)8-5-12(18)11(17)6-9(8)15/h2-6H,18H2,1H3,(H,19,20). The van der Waals surface area contributed by atoms with Crippen molar-refractivity contribution in [3.05, 3.63) is 57.6 Å². The summed E-state index contributed by atoms with van der Waals surface area (Å²) in [7, 11) is 0. The van der Waals surface area contributed by atoms with Crippen LogP contribution in [0.4, 0.5) is 20.2 Å². The molecule has 0 atom stereocenters. The average molecular weight is 341 g/mol. The maximum Gasteiger partial charge on any atom is 0.256 e. The van der Waals surface area contributed by atoms with Crippen LogP contribution >= 0.6 is 15.9 Å². The van der Waals surface area contributed by atoms with Crippen LogP contribution in [-0.2, 0) is 0 Å². The second-order valence-corrected chi connectivity index (χ2v) is 5.07. The van der Waals surface area contributed by atoms with Crippen LogP contribution in [0.25, 0.3) is 0 Å². The predicted octanol–water partition coefficient (Wildman–Crippen LogP) is 3.87. The van der Waals surface area contributed by atoms with Gasteiger partial charge in [0.05, 0.1) is 11.3 Å². The van der Waals surface area contributed by atoms with Crippen molar-refractivity contribution in [1.29, 1.82) is 0 Å². The fraction of sp³-hybridized carbons (Fsp3) is 0.0714. The second-order valence-electron chi connectivity index (χ2n) is 4.22. The first-order valence-electron chi connectivity index (χ1n) is 5.71. The summed E-state index contributed by atoms with van der Waals surface area (Å²) in [5.41, 5.74) is 6.16. The fourth-order valence-electron chi connectivity index (χ4n) is 1.67. The van der Waals surface area contributed by atoms with Gasteiger partial charge in [0.1, 0.15) is 11.6 Å². The minimum atomic E-state index is -0.615. The zero-order valence-electron chi connectivity index (χ0n) is 10.5. The van der Waals surface area contributed by atoms with Crippen molar-refractivity contribution < 1.29 is 13.6 Å². The van der Waals surface area contributed by atoms with Crippen molar-refractivity contribution >= 4 is 33.2 Å². The Morgan fingerprint density at radius 2 is 1.95 bits per heavy atom. The molecular weight excluding hydrogens is 330 g/mol. The number of amides is 1. The van der Waals surface area contributed by atoms with E-state index in [1.54, 1.807) is 13.0 Å². The van der Waals surface area contributed by atoms with Crippen LogP contribution in [0.5, 0.6) is 0 Å². The van der Waals surface area contributed by atoms with Crippen molar-refractivity contribution in [3.63, 3.8) is 0 Å². The van der Waals surface area contributed by atoms with Gasteiger partial charge in [0.25, 0.3) is 5.91 Å². The van der Waals surface area contributed by atoms with Crippen LogP contribution in [0, 0.1) is 18.6 Å². The van der Waals surface area contributed by atoms with E-state index in [1.807, 2.05) is 0 Å². The third kappa shape index (κ3) is 2.80. The lowest BCUT2D eigenvalue weighted by Crippen LogP contribution is -2.14. The van der Waals surface area contributed by atoms with Crippen molar-refractivity contribution in [3.8, 4) is 0 Å². The molecule has 2 aromatic carbocycles. The number of nitrogens with two attached hydrogens (primary N) is 1. The summed E-state index contributed by atoms with van der Waals surface area (Å²) in [6.07, 6.45) is 0. The number of rotatable bonds is 2. The Bertz CT molecular complexity index is 689. The van der Waals surface area contributed by atoms with E-state index in [0.29, 0.717) is 11.3 Å². The van der Waals surface area contributed by atoms with Gasteiger partial charge in [-0.15, -0.1) is 0 Å². The Hall–Kier alpha value is -1.95. The molecule has 0 aliphatic heterocycles. The lowest BCUT2D eigenvalue weighted by molar-refractivity contribution is 0.102. The van der Waals surface area contributed by atoms with Crippen molar-refractivity contribution in [2.75, 3.05) is 11.1 Å². The Labute approximate surface area is 122 Å². The molecule has 0 fully saturated rings. The lowest BCUT2D eigenvalue weighted by Gasteiger charge is -2.10. The van der Waals surface area contributed by atoms with Crippen LogP contribution in [0.1, 0.15) is 15.9 Å². The highest BCUT2D eigenvalue weighted by Gasteiger charge is 2.15. The van der Waals surface area contributed by atoms with E-state index in [9.17, 15) is 13.6 Å². The summed E-state index contributed by atoms with van der Waals surface area (Å²) in [6.45, 7) is 1.55. The van der Waals surface area contributed by atoms with Gasteiger partial charge in [-0.2, -0.15) is 0 Å². The number of carbonyl (C=O) groups is 1. The minimum absolute atomic E-state index is 0.130. The summed E-state index contributed by atoms with van der Waals surface area (Å²) in [4.78, 5) is 12.1. The summed E-state index contributed by atoms with van der Waals surface area (Å²) in [5, 5.41) is 2.57. The molecule has 0 bridgehead atoms. The zero-order chi connectivity index (χ0) is 14.9. The van der Waals surface area contributed by atoms with Gasteiger partial charge >= 0.3 is 0 Å². The highest BCUT2D eigenvalue weighted by atomic mass is 79.9. The largest absolute Gasteiger partial charge is 0.396 e. The second kappa shape index (κ2) is 5.58. The van der Waals surface area contributed by atoms with E-state index in [4.69, 9.17) is 5.73 Å². The number of benzene rings is 2. The smallest absolute Gasteiger partial charge is 0.256 e. The van der Waals surface area contributed by atoms with E-state index in [-0.39, 0.29) is 15.7 Å². The average Bonchev–Trinajstić information content (AvgIpc) is 2.39. The Morgan fingerprint density at radius 1 is 1.25 bits per heavy atom. The van der Waals surface area contributed by atoms with Crippen LogP contribution in [0.2, 0.25) is 0 Å². The Morgan fingerprint density at radius 3 is 2.65 bits per heavy atom. The van der Waals surface area contributed by atoms with E-state index >= 15 is 0 Å². The molecule has 20 heavy (non-hydrogen) atoms. The molecule has 0 radical (unpaired) electrons. The first-order chi connectivity index (χ1) is 9.40. The molecule has 0 aromatic heterocycles. The summed E-state index contributed by atoms with van der Waals surface area (Å²) < 4.78 is 26.9. The fourth-order valence-corrected chi connectivity index (χ4v) is 2.17. The number of anilines is 2. The van der Waals surface area contributed by atoms with Gasteiger partial charge in [0.2, 0.25) is 0 Å². The van der Waals surface area contributed by atoms with E-state index in [2.05, 4.69) is 21.2 Å². The highest BCUT2D eigenvalue weighted by Crippen LogP contribution is 2.25. The number of halogens is 3. The first kappa shape index (κ1) is 14.5. The molecule has 0 aliphatic rings. The Kier molecular flexibility index (Phi) is 4.04. The van der Waals surface area contributed by atoms with Gasteiger partial charge in [-0.05, 0) is 47.1 Å². The molecule has 0 saturated carbocycles. The van der Waals surface area contributed by atoms with Crippen molar-refractivity contribution in [2.45, 2.75) is 6.92 Å². The monoisotopic (exact) mass is 340 g/mol. The molecule has 6 heteroatoms. The molecule has 0 heterocycles. The molecule has 0 spiro atoms. The predicted molar refractivity (Wildman–Crippen MR) is 77.6 cm³/mol. The third-order valence-corrected chi connectivity index (χ3v) is 3.50. The molecule has 0 unspecified atom stereocenters. The van der Waals surface area contributed by atoms with Crippen LogP contribution in [0.3, 0.4) is 0 Å². The van der Waals surface area contributed by atoms with Crippen LogP contribution in [0.15, 0.2) is 34.8 Å². The SMILES string of the molecule is Cc1c(F)cccc1NC(=O)c1cc(N)c(F)cc1Br. The number of nitrogen functional groups attached to an aromatic ring is 1. The lowest BCUT2D eigenvalue weighted by atomic mass is 10.1. The number of hydrogen-bond donors (Lipinski definition) is 2. The van der Waals surface area contributed by atoms with Gasteiger partial charge < -0.3 is 11.1 Å². The van der Waals surface area contributed by atoms with Gasteiger partial charge in [-0.25, -0.2) is 8.78 Å². The molecule has 2 aromatic rings. The zero-order valence-corrected chi connectivity index (χ0v) is 12.1. The normalized spacial score (nSPS) is 10.4. The summed E-state index contributed by atoms with van der Waals surface area (Å²) >= 11 is 3.10. The molecule has 2 rings (SSSR count). The van der Waals surface area contributed by atoms with Crippen molar-refractivity contribution in [1.82, 2.24) is 0 Å². The number of carbonyl (C=O) groups excluding carboxylic acids is 1. The molecule has 3 nitrogen and oxygen atoms in total. The molecule has 0 saturated heterocycles. The Balaban J connectivity index is 2.33. The van der Waals surface area contributed by atoms with Gasteiger partial charge in [-0.3, -0.25) is 4.79 Å². The summed E-state index contributed by atoms with van der Waals surface area (Å²) in [6, 6.07) is 6.71. The molecule has 0 aliphatic carbocycles. The molecule has 104 valence electrons. The van der Waals surface area contributed by atoms with Crippen LogP contribution < -0.4 is 11.1 Å². The van der Waals surface area contributed by atoms with Gasteiger partial charge in [0, 0.05) is 15.7 Å². The van der Waals surface area contributed by atoms with Gasteiger partial charge in [-0.1, -0.05) is 6.07 Å². The van der Waals surface area contributed by atoms with Crippen molar-refractivity contribution in [2.24, 2.45) is 0 Å². The topological polar surface area (TPSA) is 55.1 Å². The quantitative estimate of drug-likeness (QED) is 0.815. The third-order valence-electron chi connectivity index (χ3n) is 2.85. The maximum atomic E-state index is 13.4. The molecule has 1 amide bonds. The maximum absolute atomic E-state index is 13.4. The van der Waals surface area contributed by atoms with E-state index in [0.717, 1.165) is 6.07 Å². The minimum Gasteiger partial charge on any atom is -0.396 e. The molecular formula is C14H11BrF2N2O. The highest BCUT2D eigenvalue weighted by molar-refractivity contribution is 9.10. The van der Waals surface area contributed by atoms with E-state index < -0.39 is 17.5 Å². The van der Waals surface area contributed by atoms with Crippen LogP contribution in [-0.4, -0.2) is 5.91 Å². The first-order valence-corrected chi connectivity index (χ1v) is 6.50. The summed E-state index contributed by atoms with van der Waals surface area (Å²) in [5.74, 6) is -1.53. The molecule has 3 N–H and O–H groups in total. The number of nitrogens with one attached hydrogen (secondary N) is 1. The number of hydrogen-bond acceptors (Lipinski definition) is 2. The van der Waals surface area contributed by atoms with Gasteiger partial charge in [0.15, 0.2) is 0 Å².